The lowest BCUT2D eigenvalue weighted by atomic mass is 9.93. The Bertz CT molecular complexity index is 361. The molecule has 1 heterocycles. The summed E-state index contributed by atoms with van der Waals surface area (Å²) in [6, 6.07) is 0.567. The maximum atomic E-state index is 12.1. The third-order valence-electron chi connectivity index (χ3n) is 4.58. The molecule has 5 heteroatoms. The molecular weight excluding hydrogens is 268 g/mol. The second-order valence-electron chi connectivity index (χ2n) is 7.48. The predicted molar refractivity (Wildman–Crippen MR) is 82.2 cm³/mol. The minimum Gasteiger partial charge on any atom is -0.444 e. The van der Waals surface area contributed by atoms with Crippen molar-refractivity contribution in [1.82, 2.24) is 9.80 Å². The molecule has 1 saturated carbocycles. The fraction of sp³-hybridized carbons (Fsp3) is 0.938. The number of likely N-dealkylation sites (tertiary alicyclic amines) is 1. The quantitative estimate of drug-likeness (QED) is 0.849. The van der Waals surface area contributed by atoms with Crippen LogP contribution in [-0.4, -0.2) is 64.9 Å². The molecule has 1 aliphatic heterocycles. The average Bonchev–Trinajstić information content (AvgIpc) is 2.79. The lowest BCUT2D eigenvalue weighted by Crippen LogP contribution is -2.47. The van der Waals surface area contributed by atoms with E-state index in [9.17, 15) is 9.90 Å². The number of carbonyl (C=O) groups is 1. The van der Waals surface area contributed by atoms with Crippen LogP contribution in [0, 0.1) is 0 Å². The first kappa shape index (κ1) is 16.6. The Morgan fingerprint density at radius 3 is 2.38 bits per heavy atom. The van der Waals surface area contributed by atoms with E-state index in [0.717, 1.165) is 0 Å². The molecule has 1 aliphatic carbocycles. The Hall–Kier alpha value is -0.810. The van der Waals surface area contributed by atoms with Crippen LogP contribution in [0.4, 0.5) is 4.79 Å². The van der Waals surface area contributed by atoms with Gasteiger partial charge in [0.15, 0.2) is 0 Å². The molecule has 0 aromatic carbocycles. The summed E-state index contributed by atoms with van der Waals surface area (Å²) in [5.41, 5.74) is -0.491. The average molecular weight is 298 g/mol. The van der Waals surface area contributed by atoms with Crippen molar-refractivity contribution in [2.45, 2.75) is 76.7 Å². The molecule has 0 spiro atoms. The summed E-state index contributed by atoms with van der Waals surface area (Å²) in [5.74, 6) is 0. The molecular formula is C16H30N2O3. The zero-order valence-corrected chi connectivity index (χ0v) is 13.8. The van der Waals surface area contributed by atoms with Crippen LogP contribution in [0.1, 0.15) is 52.9 Å². The van der Waals surface area contributed by atoms with Gasteiger partial charge in [0.1, 0.15) is 5.60 Å². The summed E-state index contributed by atoms with van der Waals surface area (Å²) in [6.07, 6.45) is 5.46. The van der Waals surface area contributed by atoms with E-state index >= 15 is 0 Å². The summed E-state index contributed by atoms with van der Waals surface area (Å²) >= 11 is 0. The van der Waals surface area contributed by atoms with Gasteiger partial charge >= 0.3 is 6.09 Å². The summed E-state index contributed by atoms with van der Waals surface area (Å²) < 4.78 is 5.40. The second-order valence-corrected chi connectivity index (χ2v) is 7.48. The van der Waals surface area contributed by atoms with Crippen molar-refractivity contribution in [3.05, 3.63) is 0 Å². The molecule has 122 valence electrons. The third-order valence-corrected chi connectivity index (χ3v) is 4.58. The van der Waals surface area contributed by atoms with Crippen LogP contribution in [-0.2, 0) is 4.74 Å². The van der Waals surface area contributed by atoms with Gasteiger partial charge in [-0.1, -0.05) is 19.3 Å². The number of aliphatic hydroxyl groups excluding tert-OH is 1. The monoisotopic (exact) mass is 298 g/mol. The molecule has 0 aromatic rings. The van der Waals surface area contributed by atoms with Gasteiger partial charge in [0.25, 0.3) is 0 Å². The van der Waals surface area contributed by atoms with E-state index < -0.39 is 11.7 Å². The van der Waals surface area contributed by atoms with Crippen molar-refractivity contribution in [3.8, 4) is 0 Å². The number of ether oxygens (including phenoxy) is 1. The van der Waals surface area contributed by atoms with Crippen molar-refractivity contribution in [1.29, 1.82) is 0 Å². The first-order valence-electron chi connectivity index (χ1n) is 8.16. The smallest absolute Gasteiger partial charge is 0.410 e. The van der Waals surface area contributed by atoms with E-state index in [4.69, 9.17) is 4.74 Å². The van der Waals surface area contributed by atoms with Crippen LogP contribution in [0.5, 0.6) is 0 Å². The largest absolute Gasteiger partial charge is 0.444 e. The Morgan fingerprint density at radius 2 is 1.81 bits per heavy atom. The van der Waals surface area contributed by atoms with Gasteiger partial charge in [-0.05, 0) is 40.7 Å². The maximum Gasteiger partial charge on any atom is 0.410 e. The van der Waals surface area contributed by atoms with Crippen molar-refractivity contribution in [3.63, 3.8) is 0 Å². The molecule has 21 heavy (non-hydrogen) atoms. The van der Waals surface area contributed by atoms with Gasteiger partial charge in [0, 0.05) is 12.6 Å². The van der Waals surface area contributed by atoms with E-state index in [1.165, 1.54) is 32.1 Å². The van der Waals surface area contributed by atoms with Crippen molar-refractivity contribution in [2.75, 3.05) is 20.1 Å². The number of nitrogens with zero attached hydrogens (tertiary/aromatic N) is 2. The maximum absolute atomic E-state index is 12.1. The highest BCUT2D eigenvalue weighted by Crippen LogP contribution is 2.26. The zero-order chi connectivity index (χ0) is 15.6. The van der Waals surface area contributed by atoms with E-state index in [-0.39, 0.29) is 12.1 Å². The van der Waals surface area contributed by atoms with Crippen LogP contribution in [0.3, 0.4) is 0 Å². The van der Waals surface area contributed by atoms with Crippen LogP contribution >= 0.6 is 0 Å². The minimum atomic E-state index is -0.491. The van der Waals surface area contributed by atoms with Crippen molar-refractivity contribution in [2.24, 2.45) is 0 Å². The van der Waals surface area contributed by atoms with Crippen molar-refractivity contribution >= 4 is 6.09 Å². The highest BCUT2D eigenvalue weighted by molar-refractivity contribution is 5.68. The number of hydrogen-bond donors (Lipinski definition) is 1. The summed E-state index contributed by atoms with van der Waals surface area (Å²) in [7, 11) is 2.09. The Kier molecular flexibility index (Phi) is 5.15. The van der Waals surface area contributed by atoms with E-state index in [2.05, 4.69) is 11.9 Å². The molecule has 1 amide bonds. The molecule has 5 nitrogen and oxygen atoms in total. The topological polar surface area (TPSA) is 53.0 Å². The van der Waals surface area contributed by atoms with E-state index in [1.807, 2.05) is 20.8 Å². The Morgan fingerprint density at radius 1 is 1.19 bits per heavy atom. The molecule has 0 bridgehead atoms. The van der Waals surface area contributed by atoms with E-state index in [0.29, 0.717) is 19.1 Å². The highest BCUT2D eigenvalue weighted by Gasteiger charge is 2.40. The lowest BCUT2D eigenvalue weighted by Gasteiger charge is -2.36. The van der Waals surface area contributed by atoms with Gasteiger partial charge in [0.2, 0.25) is 0 Å². The van der Waals surface area contributed by atoms with Crippen LogP contribution in [0.25, 0.3) is 0 Å². The van der Waals surface area contributed by atoms with E-state index in [1.54, 1.807) is 4.90 Å². The second kappa shape index (κ2) is 6.53. The summed E-state index contributed by atoms with van der Waals surface area (Å²) in [4.78, 5) is 16.0. The molecule has 1 N–H and O–H groups in total. The highest BCUT2D eigenvalue weighted by atomic mass is 16.6. The van der Waals surface area contributed by atoms with Gasteiger partial charge in [-0.25, -0.2) is 4.79 Å². The Labute approximate surface area is 128 Å². The Balaban J connectivity index is 1.92. The fourth-order valence-electron chi connectivity index (χ4n) is 3.40. The number of hydrogen-bond acceptors (Lipinski definition) is 4. The zero-order valence-electron chi connectivity index (χ0n) is 13.8. The number of amides is 1. The van der Waals surface area contributed by atoms with Gasteiger partial charge < -0.3 is 14.7 Å². The number of β-amino-alcohol motifs (C(OH)–C–C–N with tert-alkyl or cyclic N) is 1. The molecule has 1 saturated heterocycles. The first-order valence-corrected chi connectivity index (χ1v) is 8.16. The number of carbonyl (C=O) groups excluding carboxylic acids is 1. The van der Waals surface area contributed by atoms with Crippen LogP contribution in [0.2, 0.25) is 0 Å². The van der Waals surface area contributed by atoms with Gasteiger partial charge in [-0.2, -0.15) is 0 Å². The van der Waals surface area contributed by atoms with Gasteiger partial charge in [-0.15, -0.1) is 0 Å². The molecule has 0 radical (unpaired) electrons. The predicted octanol–water partition coefficient (Wildman–Crippen LogP) is 2.23. The van der Waals surface area contributed by atoms with Gasteiger partial charge in [-0.3, -0.25) is 4.90 Å². The number of likely N-dealkylation sites (N-methyl/N-ethyl adjacent to an activating group) is 1. The molecule has 2 atom stereocenters. The first-order chi connectivity index (χ1) is 9.78. The van der Waals surface area contributed by atoms with Gasteiger partial charge in [0.05, 0.1) is 18.7 Å². The molecule has 2 rings (SSSR count). The normalized spacial score (nSPS) is 28.2. The molecule has 2 fully saturated rings. The lowest BCUT2D eigenvalue weighted by molar-refractivity contribution is 0.0268. The number of aliphatic hydroxyl groups is 1. The summed E-state index contributed by atoms with van der Waals surface area (Å²) in [5, 5.41) is 10.3. The number of rotatable bonds is 2. The van der Waals surface area contributed by atoms with Crippen LogP contribution < -0.4 is 0 Å². The van der Waals surface area contributed by atoms with Crippen LogP contribution in [0.15, 0.2) is 0 Å². The summed E-state index contributed by atoms with van der Waals surface area (Å²) in [6.45, 7) is 6.52. The SMILES string of the molecule is CN(C1CCCCC1)[C@@H]1CN(C(=O)OC(C)(C)C)C[C@H]1O. The molecule has 2 aliphatic rings. The third kappa shape index (κ3) is 4.33. The molecule has 0 aromatic heterocycles. The fourth-order valence-corrected chi connectivity index (χ4v) is 3.40. The minimum absolute atomic E-state index is 0.0284. The van der Waals surface area contributed by atoms with Crippen molar-refractivity contribution < 1.29 is 14.6 Å². The molecule has 0 unspecified atom stereocenters. The standard InChI is InChI=1S/C16H30N2O3/c1-16(2,3)21-15(20)18-10-13(14(19)11-18)17(4)12-8-6-5-7-9-12/h12-14,19H,5-11H2,1-4H3/t13-,14-/m1/s1.